The number of allylic oxidation sites excluding steroid dienone is 3. The molecule has 0 amide bonds. The summed E-state index contributed by atoms with van der Waals surface area (Å²) in [5.41, 5.74) is 1.69. The SMILES string of the molecule is [B]/C=C(C)/C=C/C1CC1(C)C. The summed E-state index contributed by atoms with van der Waals surface area (Å²) < 4.78 is 0. The van der Waals surface area contributed by atoms with E-state index < -0.39 is 0 Å². The van der Waals surface area contributed by atoms with Crippen molar-refractivity contribution < 1.29 is 0 Å². The molecule has 0 nitrogen and oxygen atoms in total. The van der Waals surface area contributed by atoms with E-state index in [1.165, 1.54) is 6.42 Å². The van der Waals surface area contributed by atoms with Crippen molar-refractivity contribution in [3.63, 3.8) is 0 Å². The topological polar surface area (TPSA) is 0 Å². The van der Waals surface area contributed by atoms with Gasteiger partial charge in [0.1, 0.15) is 7.85 Å². The van der Waals surface area contributed by atoms with Gasteiger partial charge in [-0.3, -0.25) is 0 Å². The molecular weight excluding hydrogens is 131 g/mol. The zero-order chi connectivity index (χ0) is 8.48. The molecule has 0 heterocycles. The highest BCUT2D eigenvalue weighted by atomic mass is 14.5. The molecule has 1 unspecified atom stereocenters. The normalized spacial score (nSPS) is 29.4. The zero-order valence-corrected chi connectivity index (χ0v) is 7.59. The van der Waals surface area contributed by atoms with E-state index in [4.69, 9.17) is 7.85 Å². The van der Waals surface area contributed by atoms with Gasteiger partial charge >= 0.3 is 0 Å². The minimum absolute atomic E-state index is 0.547. The van der Waals surface area contributed by atoms with E-state index in [-0.39, 0.29) is 0 Å². The van der Waals surface area contributed by atoms with E-state index in [0.717, 1.165) is 11.5 Å². The van der Waals surface area contributed by atoms with Crippen LogP contribution in [-0.4, -0.2) is 7.85 Å². The summed E-state index contributed by atoms with van der Waals surface area (Å²) >= 11 is 0. The predicted octanol–water partition coefficient (Wildman–Crippen LogP) is 2.66. The Bertz CT molecular complexity index is 199. The van der Waals surface area contributed by atoms with E-state index >= 15 is 0 Å². The molecule has 0 aromatic rings. The highest BCUT2D eigenvalue weighted by molar-refractivity contribution is 6.17. The minimum Gasteiger partial charge on any atom is -0.129 e. The molecule has 0 aromatic heterocycles. The summed E-state index contributed by atoms with van der Waals surface area (Å²) in [5.74, 6) is 2.42. The van der Waals surface area contributed by atoms with Crippen LogP contribution in [0.4, 0.5) is 0 Å². The first kappa shape index (κ1) is 8.64. The third-order valence-electron chi connectivity index (χ3n) is 2.44. The first-order valence-electron chi connectivity index (χ1n) is 4.13. The monoisotopic (exact) mass is 146 g/mol. The Hall–Kier alpha value is -0.455. The van der Waals surface area contributed by atoms with Gasteiger partial charge in [-0.2, -0.15) is 0 Å². The summed E-state index contributed by atoms with van der Waals surface area (Å²) in [7, 11) is 5.33. The lowest BCUT2D eigenvalue weighted by Gasteiger charge is -1.95. The highest BCUT2D eigenvalue weighted by Gasteiger charge is 2.43. The highest BCUT2D eigenvalue weighted by Crippen LogP contribution is 2.52. The molecule has 11 heavy (non-hydrogen) atoms. The van der Waals surface area contributed by atoms with Gasteiger partial charge in [-0.05, 0) is 24.7 Å². The van der Waals surface area contributed by atoms with Gasteiger partial charge < -0.3 is 0 Å². The summed E-state index contributed by atoms with van der Waals surface area (Å²) in [6.07, 6.45) is 5.69. The van der Waals surface area contributed by atoms with Crippen LogP contribution in [0, 0.1) is 11.3 Å². The van der Waals surface area contributed by atoms with Crippen molar-refractivity contribution >= 4 is 7.85 Å². The predicted molar refractivity (Wildman–Crippen MR) is 50.5 cm³/mol. The Labute approximate surface area is 70.8 Å². The summed E-state index contributed by atoms with van der Waals surface area (Å²) in [4.78, 5) is 0. The maximum Gasteiger partial charge on any atom is 0.103 e. The molecule has 1 atom stereocenters. The molecule has 0 N–H and O–H groups in total. The van der Waals surface area contributed by atoms with Crippen LogP contribution < -0.4 is 0 Å². The maximum atomic E-state index is 5.33. The van der Waals surface area contributed by atoms with Crippen LogP contribution in [-0.2, 0) is 0 Å². The molecule has 1 aliphatic carbocycles. The van der Waals surface area contributed by atoms with Crippen molar-refractivity contribution in [3.8, 4) is 0 Å². The summed E-state index contributed by atoms with van der Waals surface area (Å²) in [6.45, 7) is 6.61. The smallest absolute Gasteiger partial charge is 0.103 e. The Balaban J connectivity index is 2.39. The number of hydrogen-bond donors (Lipinski definition) is 0. The number of rotatable bonds is 2. The maximum absolute atomic E-state index is 5.33. The molecule has 0 spiro atoms. The average molecular weight is 146 g/mol. The van der Waals surface area contributed by atoms with Gasteiger partial charge in [0, 0.05) is 0 Å². The third-order valence-corrected chi connectivity index (χ3v) is 2.44. The second-order valence-corrected chi connectivity index (χ2v) is 4.07. The van der Waals surface area contributed by atoms with Crippen LogP contribution in [0.15, 0.2) is 23.7 Å². The van der Waals surface area contributed by atoms with Gasteiger partial charge in [-0.15, -0.1) is 5.98 Å². The molecule has 1 saturated carbocycles. The minimum atomic E-state index is 0.547. The van der Waals surface area contributed by atoms with Crippen LogP contribution in [0.2, 0.25) is 0 Å². The molecule has 1 heteroatoms. The lowest BCUT2D eigenvalue weighted by atomic mass is 10.0. The lowest BCUT2D eigenvalue weighted by molar-refractivity contribution is 0.610. The molecule has 0 aromatic carbocycles. The Kier molecular flexibility index (Phi) is 2.27. The first-order chi connectivity index (χ1) is 5.06. The molecule has 0 bridgehead atoms. The van der Waals surface area contributed by atoms with Crippen molar-refractivity contribution in [1.82, 2.24) is 0 Å². The van der Waals surface area contributed by atoms with Gasteiger partial charge in [-0.1, -0.05) is 31.6 Å². The van der Waals surface area contributed by atoms with Gasteiger partial charge in [0.15, 0.2) is 0 Å². The molecule has 0 saturated heterocycles. The van der Waals surface area contributed by atoms with Crippen LogP contribution >= 0.6 is 0 Å². The second kappa shape index (κ2) is 2.88. The molecular formula is C10H15B. The van der Waals surface area contributed by atoms with E-state index in [1.807, 2.05) is 6.92 Å². The molecule has 58 valence electrons. The molecule has 1 aliphatic rings. The lowest BCUT2D eigenvalue weighted by Crippen LogP contribution is -1.85. The van der Waals surface area contributed by atoms with Gasteiger partial charge in [0.25, 0.3) is 0 Å². The van der Waals surface area contributed by atoms with E-state index in [2.05, 4.69) is 26.0 Å². The van der Waals surface area contributed by atoms with Crippen molar-refractivity contribution in [2.75, 3.05) is 0 Å². The zero-order valence-electron chi connectivity index (χ0n) is 7.59. The van der Waals surface area contributed by atoms with E-state index in [1.54, 1.807) is 5.98 Å². The first-order valence-corrected chi connectivity index (χ1v) is 4.13. The number of hydrogen-bond acceptors (Lipinski definition) is 0. The Morgan fingerprint density at radius 3 is 2.45 bits per heavy atom. The molecule has 0 aliphatic heterocycles. The van der Waals surface area contributed by atoms with Gasteiger partial charge in [0.05, 0.1) is 0 Å². The summed E-state index contributed by atoms with van der Waals surface area (Å²) in [5, 5.41) is 0. The van der Waals surface area contributed by atoms with Crippen LogP contribution in [0.1, 0.15) is 27.2 Å². The standard InChI is InChI=1S/C10H15B/c1-8(7-11)4-5-9-6-10(9,2)3/h4-5,7,9H,6H2,1-3H3/b5-4+,8-7+. The van der Waals surface area contributed by atoms with Crippen molar-refractivity contribution in [2.24, 2.45) is 11.3 Å². The van der Waals surface area contributed by atoms with E-state index in [0.29, 0.717) is 5.41 Å². The second-order valence-electron chi connectivity index (χ2n) is 4.07. The van der Waals surface area contributed by atoms with Crippen LogP contribution in [0.5, 0.6) is 0 Å². The van der Waals surface area contributed by atoms with Crippen molar-refractivity contribution in [1.29, 1.82) is 0 Å². The van der Waals surface area contributed by atoms with E-state index in [9.17, 15) is 0 Å². The molecule has 2 radical (unpaired) electrons. The van der Waals surface area contributed by atoms with Crippen LogP contribution in [0.3, 0.4) is 0 Å². The Morgan fingerprint density at radius 2 is 2.09 bits per heavy atom. The fourth-order valence-corrected chi connectivity index (χ4v) is 1.16. The summed E-state index contributed by atoms with van der Waals surface area (Å²) in [6, 6.07) is 0. The molecule has 1 fully saturated rings. The molecule has 1 rings (SSSR count). The van der Waals surface area contributed by atoms with Gasteiger partial charge in [-0.25, -0.2) is 0 Å². The van der Waals surface area contributed by atoms with Crippen molar-refractivity contribution in [2.45, 2.75) is 27.2 Å². The largest absolute Gasteiger partial charge is 0.129 e. The fourth-order valence-electron chi connectivity index (χ4n) is 1.16. The Morgan fingerprint density at radius 1 is 1.55 bits per heavy atom. The quantitative estimate of drug-likeness (QED) is 0.415. The van der Waals surface area contributed by atoms with Crippen molar-refractivity contribution in [3.05, 3.63) is 23.7 Å². The van der Waals surface area contributed by atoms with Gasteiger partial charge in [0.2, 0.25) is 0 Å². The fraction of sp³-hybridized carbons (Fsp3) is 0.600. The average Bonchev–Trinajstić information content (AvgIpc) is 2.54. The third kappa shape index (κ3) is 2.25. The van der Waals surface area contributed by atoms with Crippen LogP contribution in [0.25, 0.3) is 0 Å².